The molecule has 1 aromatic rings. The highest BCUT2D eigenvalue weighted by Gasteiger charge is 2.13. The molecule has 0 N–H and O–H groups in total. The molecule has 0 saturated heterocycles. The highest BCUT2D eigenvalue weighted by atomic mass is 32.2. The molecule has 2 heteroatoms. The van der Waals surface area contributed by atoms with Crippen LogP contribution in [-0.4, -0.2) is 10.5 Å². The molecule has 1 aromatic carbocycles. The van der Waals surface area contributed by atoms with Crippen molar-refractivity contribution < 1.29 is 4.79 Å². The van der Waals surface area contributed by atoms with Crippen LogP contribution in [0.2, 0.25) is 0 Å². The van der Waals surface area contributed by atoms with Gasteiger partial charge in [0.15, 0.2) is 5.78 Å². The predicted molar refractivity (Wildman–Crippen MR) is 67.5 cm³/mol. The van der Waals surface area contributed by atoms with Crippen molar-refractivity contribution in [2.45, 2.75) is 38.2 Å². The van der Waals surface area contributed by atoms with Crippen LogP contribution in [0.25, 0.3) is 0 Å². The fraction of sp³-hybridized carbons (Fsp3) is 0.462. The number of Topliss-reactive ketones (excluding diaryl/α,β-unsaturated/α-hetero) is 1. The lowest BCUT2D eigenvalue weighted by atomic mass is 10.1. The van der Waals surface area contributed by atoms with Crippen LogP contribution in [-0.2, 0) is 5.75 Å². The van der Waals surface area contributed by atoms with Gasteiger partial charge < -0.3 is 0 Å². The van der Waals surface area contributed by atoms with Gasteiger partial charge in [-0.05, 0) is 12.5 Å². The van der Waals surface area contributed by atoms with Crippen molar-refractivity contribution in [1.29, 1.82) is 0 Å². The molecule has 0 saturated carbocycles. The lowest BCUT2D eigenvalue weighted by Crippen LogP contribution is -2.08. The summed E-state index contributed by atoms with van der Waals surface area (Å²) >= 11 is 1.87. The van der Waals surface area contributed by atoms with E-state index in [0.717, 1.165) is 16.9 Å². The minimum atomic E-state index is 0.153. The molecule has 0 atom stereocenters. The van der Waals surface area contributed by atoms with Gasteiger partial charge in [0, 0.05) is 16.1 Å². The monoisotopic (exact) mass is 222 g/mol. The summed E-state index contributed by atoms with van der Waals surface area (Å²) in [5.41, 5.74) is 2.00. The van der Waals surface area contributed by atoms with Crippen LogP contribution in [0.1, 0.15) is 43.6 Å². The van der Waals surface area contributed by atoms with Crippen molar-refractivity contribution in [2.24, 2.45) is 0 Å². The Balaban J connectivity index is 2.81. The van der Waals surface area contributed by atoms with Gasteiger partial charge in [0.2, 0.25) is 0 Å². The van der Waals surface area contributed by atoms with Gasteiger partial charge in [-0.15, -0.1) is 0 Å². The van der Waals surface area contributed by atoms with Gasteiger partial charge >= 0.3 is 0 Å². The smallest absolute Gasteiger partial charge is 0.160 e. The van der Waals surface area contributed by atoms with Crippen molar-refractivity contribution >= 4 is 17.5 Å². The number of hydrogen-bond acceptors (Lipinski definition) is 2. The lowest BCUT2D eigenvalue weighted by molar-refractivity contribution is 0.101. The lowest BCUT2D eigenvalue weighted by Gasteiger charge is -2.18. The Morgan fingerprint density at radius 2 is 1.87 bits per heavy atom. The Labute approximate surface area is 96.3 Å². The van der Waals surface area contributed by atoms with E-state index >= 15 is 0 Å². The number of ketones is 1. The van der Waals surface area contributed by atoms with Crippen LogP contribution < -0.4 is 0 Å². The topological polar surface area (TPSA) is 17.1 Å². The van der Waals surface area contributed by atoms with Crippen LogP contribution in [0.5, 0.6) is 0 Å². The van der Waals surface area contributed by atoms with E-state index in [4.69, 9.17) is 0 Å². The molecule has 0 aliphatic heterocycles. The first-order chi connectivity index (χ1) is 6.90. The number of carbonyl (C=O) groups excluding carboxylic acids is 1. The Morgan fingerprint density at radius 3 is 2.40 bits per heavy atom. The summed E-state index contributed by atoms with van der Waals surface area (Å²) in [6.45, 7) is 8.19. The molecule has 0 unspecified atom stereocenters. The van der Waals surface area contributed by atoms with Gasteiger partial charge in [-0.3, -0.25) is 4.79 Å². The Morgan fingerprint density at radius 1 is 1.27 bits per heavy atom. The van der Waals surface area contributed by atoms with Crippen molar-refractivity contribution in [3.8, 4) is 0 Å². The molecule has 1 rings (SSSR count). The number of thioether (sulfide) groups is 1. The molecule has 0 radical (unpaired) electrons. The van der Waals surface area contributed by atoms with Crippen molar-refractivity contribution in [3.05, 3.63) is 35.4 Å². The Hall–Kier alpha value is -0.760. The zero-order chi connectivity index (χ0) is 11.5. The van der Waals surface area contributed by atoms with E-state index in [9.17, 15) is 4.79 Å². The van der Waals surface area contributed by atoms with Crippen molar-refractivity contribution in [1.82, 2.24) is 0 Å². The van der Waals surface area contributed by atoms with E-state index in [1.165, 1.54) is 0 Å². The van der Waals surface area contributed by atoms with E-state index in [1.807, 2.05) is 36.0 Å². The van der Waals surface area contributed by atoms with Gasteiger partial charge in [0.05, 0.1) is 0 Å². The zero-order valence-corrected chi connectivity index (χ0v) is 10.6. The summed E-state index contributed by atoms with van der Waals surface area (Å²) in [6, 6.07) is 7.85. The zero-order valence-electron chi connectivity index (χ0n) is 9.83. The summed E-state index contributed by atoms with van der Waals surface area (Å²) in [6.07, 6.45) is 0. The minimum absolute atomic E-state index is 0.153. The fourth-order valence-electron chi connectivity index (χ4n) is 1.28. The summed E-state index contributed by atoms with van der Waals surface area (Å²) in [5.74, 6) is 1.05. The van der Waals surface area contributed by atoms with Crippen molar-refractivity contribution in [2.75, 3.05) is 0 Å². The van der Waals surface area contributed by atoms with Gasteiger partial charge in [-0.1, -0.05) is 45.0 Å². The standard InChI is InChI=1S/C13H18OS/c1-10(14)12-8-6-5-7-11(12)9-15-13(2,3)4/h5-8H,9H2,1-4H3. The SMILES string of the molecule is CC(=O)c1ccccc1CSC(C)(C)C. The number of benzene rings is 1. The average Bonchev–Trinajstić information content (AvgIpc) is 2.14. The van der Waals surface area contributed by atoms with Crippen LogP contribution in [0.3, 0.4) is 0 Å². The number of carbonyl (C=O) groups is 1. The van der Waals surface area contributed by atoms with E-state index in [2.05, 4.69) is 20.8 Å². The molecule has 82 valence electrons. The van der Waals surface area contributed by atoms with Crippen LogP contribution in [0, 0.1) is 0 Å². The Kier molecular flexibility index (Phi) is 3.97. The average molecular weight is 222 g/mol. The fourth-order valence-corrected chi connectivity index (χ4v) is 2.12. The molecule has 0 aliphatic carbocycles. The molecule has 15 heavy (non-hydrogen) atoms. The molecule has 0 fully saturated rings. The molecule has 0 amide bonds. The molecule has 0 aliphatic rings. The van der Waals surface area contributed by atoms with Gasteiger partial charge in [0.25, 0.3) is 0 Å². The number of hydrogen-bond donors (Lipinski definition) is 0. The molecule has 0 heterocycles. The summed E-state index contributed by atoms with van der Waals surface area (Å²) < 4.78 is 0.240. The summed E-state index contributed by atoms with van der Waals surface area (Å²) in [5, 5.41) is 0. The van der Waals surface area contributed by atoms with Crippen LogP contribution >= 0.6 is 11.8 Å². The second-order valence-electron chi connectivity index (χ2n) is 4.61. The maximum Gasteiger partial charge on any atom is 0.160 e. The van der Waals surface area contributed by atoms with E-state index in [1.54, 1.807) is 6.92 Å². The maximum atomic E-state index is 11.4. The Bertz CT molecular complexity index is 350. The first-order valence-electron chi connectivity index (χ1n) is 5.13. The largest absolute Gasteiger partial charge is 0.295 e. The third kappa shape index (κ3) is 4.08. The predicted octanol–water partition coefficient (Wildman–Crippen LogP) is 3.92. The number of rotatable bonds is 3. The van der Waals surface area contributed by atoms with Crippen molar-refractivity contribution in [3.63, 3.8) is 0 Å². The van der Waals surface area contributed by atoms with Gasteiger partial charge in [-0.2, -0.15) is 11.8 Å². The second-order valence-corrected chi connectivity index (χ2v) is 6.42. The molecule has 0 spiro atoms. The summed E-state index contributed by atoms with van der Waals surface area (Å²) in [4.78, 5) is 11.4. The molecule has 0 aromatic heterocycles. The maximum absolute atomic E-state index is 11.4. The van der Waals surface area contributed by atoms with Crippen LogP contribution in [0.4, 0.5) is 0 Å². The first kappa shape index (κ1) is 12.3. The van der Waals surface area contributed by atoms with Gasteiger partial charge in [0.1, 0.15) is 0 Å². The van der Waals surface area contributed by atoms with E-state index in [0.29, 0.717) is 0 Å². The minimum Gasteiger partial charge on any atom is -0.295 e. The first-order valence-corrected chi connectivity index (χ1v) is 6.11. The van der Waals surface area contributed by atoms with E-state index in [-0.39, 0.29) is 10.5 Å². The van der Waals surface area contributed by atoms with Crippen LogP contribution in [0.15, 0.2) is 24.3 Å². The molecular formula is C13H18OS. The molecule has 1 nitrogen and oxygen atoms in total. The highest BCUT2D eigenvalue weighted by molar-refractivity contribution is 7.99. The quantitative estimate of drug-likeness (QED) is 0.721. The normalized spacial score (nSPS) is 11.5. The molecule has 0 bridgehead atoms. The van der Waals surface area contributed by atoms with E-state index < -0.39 is 0 Å². The third-order valence-corrected chi connectivity index (χ3v) is 3.38. The molecular weight excluding hydrogens is 204 g/mol. The highest BCUT2D eigenvalue weighted by Crippen LogP contribution is 2.28. The second kappa shape index (κ2) is 4.84. The van der Waals surface area contributed by atoms with Gasteiger partial charge in [-0.25, -0.2) is 0 Å². The third-order valence-electron chi connectivity index (χ3n) is 2.06. The summed E-state index contributed by atoms with van der Waals surface area (Å²) in [7, 11) is 0.